The smallest absolute Gasteiger partial charge is 0.311 e. The highest BCUT2D eigenvalue weighted by atomic mass is 16.7. The summed E-state index contributed by atoms with van der Waals surface area (Å²) in [5.74, 6) is -4.92. The monoisotopic (exact) mass is 821 g/mol. The second-order valence-electron chi connectivity index (χ2n) is 18.3. The van der Waals surface area contributed by atoms with Crippen molar-refractivity contribution < 1.29 is 68.3 Å². The summed E-state index contributed by atoms with van der Waals surface area (Å²) in [7, 11) is 3.41. The van der Waals surface area contributed by atoms with E-state index >= 15 is 0 Å². The Morgan fingerprint density at radius 3 is 2.11 bits per heavy atom. The Labute approximate surface area is 340 Å². The molecule has 0 bridgehead atoms. The zero-order valence-electron chi connectivity index (χ0n) is 36.8. The first-order valence-corrected chi connectivity index (χ1v) is 20.7. The standard InChI is InChI=1S/C41H76N2O14/c1-15-28-41(12,50)34(46)23(6)32(52-19-29(42)44)21(4)17-39(10,49)36(57-38-31(45)27(16-22(5)53-38)43(13)20(2)3)24(7)33(25(8)37(48)55-28)56-30-18-40(11,51-14)35(47)26(9)54-30/h20-28,30-36,38,45-47,49-50H,15-19H2,1-14H3,(H2,42,44)/t21-,22-,23+,24+,25-,26+,27+,28-,30+,31-,32+,33+,34-,35+,36-,38+,39-,40-,41-/m1/s1. The number of ether oxygens (including phenoxy) is 7. The molecule has 7 N–H and O–H groups in total. The van der Waals surface area contributed by atoms with Crippen LogP contribution < -0.4 is 5.73 Å². The van der Waals surface area contributed by atoms with Gasteiger partial charge in [0, 0.05) is 37.5 Å². The number of aliphatic hydroxyl groups is 5. The molecule has 0 saturated carbocycles. The van der Waals surface area contributed by atoms with Gasteiger partial charge in [-0.15, -0.1) is 0 Å². The fraction of sp³-hybridized carbons (Fsp3) is 0.951. The van der Waals surface area contributed by atoms with Gasteiger partial charge in [0.05, 0.1) is 53.7 Å². The molecule has 1 amide bonds. The lowest BCUT2D eigenvalue weighted by atomic mass is 9.73. The van der Waals surface area contributed by atoms with Crippen LogP contribution in [0.1, 0.15) is 109 Å². The fourth-order valence-electron chi connectivity index (χ4n) is 9.35. The van der Waals surface area contributed by atoms with E-state index in [1.807, 2.05) is 27.8 Å². The van der Waals surface area contributed by atoms with Gasteiger partial charge in [-0.25, -0.2) is 0 Å². The average Bonchev–Trinajstić information content (AvgIpc) is 3.12. The van der Waals surface area contributed by atoms with Crippen LogP contribution in [-0.4, -0.2) is 159 Å². The first-order chi connectivity index (χ1) is 26.2. The summed E-state index contributed by atoms with van der Waals surface area (Å²) in [5.41, 5.74) is 0.644. The predicted octanol–water partition coefficient (Wildman–Crippen LogP) is 1.87. The van der Waals surface area contributed by atoms with Crippen molar-refractivity contribution in [3.8, 4) is 0 Å². The van der Waals surface area contributed by atoms with Gasteiger partial charge < -0.3 is 64.4 Å². The highest BCUT2D eigenvalue weighted by Crippen LogP contribution is 2.42. The topological polar surface area (TPSA) is 229 Å². The minimum Gasteiger partial charge on any atom is -0.459 e. The second kappa shape index (κ2) is 19.9. The number of aliphatic hydroxyl groups excluding tert-OH is 3. The molecule has 3 rings (SSSR count). The molecule has 3 heterocycles. The molecule has 0 unspecified atom stereocenters. The maximum Gasteiger partial charge on any atom is 0.311 e. The van der Waals surface area contributed by atoms with Gasteiger partial charge in [0.25, 0.3) is 0 Å². The number of esters is 1. The van der Waals surface area contributed by atoms with Gasteiger partial charge >= 0.3 is 5.97 Å². The summed E-state index contributed by atoms with van der Waals surface area (Å²) in [6.07, 6.45) is -10.7. The lowest BCUT2D eigenvalue weighted by Crippen LogP contribution is -2.62. The summed E-state index contributed by atoms with van der Waals surface area (Å²) < 4.78 is 43.7. The van der Waals surface area contributed by atoms with Gasteiger partial charge in [0.15, 0.2) is 12.6 Å². The van der Waals surface area contributed by atoms with Gasteiger partial charge in [0.1, 0.15) is 30.5 Å². The van der Waals surface area contributed by atoms with E-state index in [4.69, 9.17) is 38.9 Å². The van der Waals surface area contributed by atoms with Crippen LogP contribution in [0.3, 0.4) is 0 Å². The van der Waals surface area contributed by atoms with Gasteiger partial charge in [-0.05, 0) is 87.6 Å². The number of methoxy groups -OCH3 is 1. The van der Waals surface area contributed by atoms with Crippen LogP contribution in [0.5, 0.6) is 0 Å². The Kier molecular flexibility index (Phi) is 17.4. The number of amides is 1. The summed E-state index contributed by atoms with van der Waals surface area (Å²) in [6, 6.07) is -0.255. The van der Waals surface area contributed by atoms with Gasteiger partial charge in [-0.1, -0.05) is 27.7 Å². The molecule has 3 saturated heterocycles. The third-order valence-electron chi connectivity index (χ3n) is 13.1. The van der Waals surface area contributed by atoms with Crippen molar-refractivity contribution in [1.82, 2.24) is 4.90 Å². The maximum absolute atomic E-state index is 14.3. The van der Waals surface area contributed by atoms with Crippen molar-refractivity contribution in [2.75, 3.05) is 20.8 Å². The summed E-state index contributed by atoms with van der Waals surface area (Å²) in [4.78, 5) is 28.3. The molecule has 3 aliphatic rings. The van der Waals surface area contributed by atoms with Crippen LogP contribution in [0.2, 0.25) is 0 Å². The van der Waals surface area contributed by atoms with Crippen molar-refractivity contribution in [2.45, 2.75) is 205 Å². The number of hydrogen-bond acceptors (Lipinski definition) is 15. The van der Waals surface area contributed by atoms with Crippen molar-refractivity contribution in [1.29, 1.82) is 0 Å². The number of likely N-dealkylation sites (N-methyl/N-ethyl adjacent to an activating group) is 1. The van der Waals surface area contributed by atoms with Crippen molar-refractivity contribution in [3.63, 3.8) is 0 Å². The second-order valence-corrected chi connectivity index (χ2v) is 18.3. The lowest BCUT2D eigenvalue weighted by molar-refractivity contribution is -0.319. The number of carbonyl (C=O) groups is 2. The maximum atomic E-state index is 14.3. The van der Waals surface area contributed by atoms with E-state index in [0.29, 0.717) is 6.42 Å². The predicted molar refractivity (Wildman–Crippen MR) is 209 cm³/mol. The highest BCUT2D eigenvalue weighted by Gasteiger charge is 2.54. The van der Waals surface area contributed by atoms with Crippen LogP contribution in [-0.2, 0) is 42.7 Å². The quantitative estimate of drug-likeness (QED) is 0.164. The minimum absolute atomic E-state index is 0.0496. The molecule has 334 valence electrons. The zero-order chi connectivity index (χ0) is 43.5. The Morgan fingerprint density at radius 1 is 0.947 bits per heavy atom. The molecule has 0 radical (unpaired) electrons. The molecule has 0 aromatic rings. The van der Waals surface area contributed by atoms with Crippen molar-refractivity contribution in [2.24, 2.45) is 29.4 Å². The molecule has 0 aromatic carbocycles. The van der Waals surface area contributed by atoms with Crippen LogP contribution >= 0.6 is 0 Å². The normalized spacial score (nSPS) is 47.1. The molecule has 3 fully saturated rings. The van der Waals surface area contributed by atoms with E-state index < -0.39 is 120 Å². The first-order valence-electron chi connectivity index (χ1n) is 20.7. The van der Waals surface area contributed by atoms with E-state index in [1.54, 1.807) is 55.4 Å². The molecule has 16 heteroatoms. The molecule has 0 aliphatic carbocycles. The molecular weight excluding hydrogens is 744 g/mol. The highest BCUT2D eigenvalue weighted by molar-refractivity contribution is 5.75. The van der Waals surface area contributed by atoms with E-state index in [0.717, 1.165) is 0 Å². The summed E-state index contributed by atoms with van der Waals surface area (Å²) >= 11 is 0. The number of carbonyl (C=O) groups excluding carboxylic acids is 2. The number of cyclic esters (lactones) is 1. The Morgan fingerprint density at radius 2 is 1.56 bits per heavy atom. The molecule has 0 spiro atoms. The largest absolute Gasteiger partial charge is 0.459 e. The Bertz CT molecular complexity index is 1300. The van der Waals surface area contributed by atoms with Gasteiger partial charge in [-0.3, -0.25) is 14.5 Å². The molecule has 3 aliphatic heterocycles. The number of rotatable bonds is 11. The van der Waals surface area contributed by atoms with Crippen molar-refractivity contribution in [3.05, 3.63) is 0 Å². The fourth-order valence-corrected chi connectivity index (χ4v) is 9.35. The minimum atomic E-state index is -1.99. The first kappa shape index (κ1) is 49.8. The number of nitrogens with two attached hydrogens (primary N) is 1. The Balaban J connectivity index is 2.24. The van der Waals surface area contributed by atoms with Crippen LogP contribution in [0.25, 0.3) is 0 Å². The summed E-state index contributed by atoms with van der Waals surface area (Å²) in [6.45, 7) is 20.3. The van der Waals surface area contributed by atoms with E-state index in [-0.39, 0.29) is 37.5 Å². The van der Waals surface area contributed by atoms with E-state index in [9.17, 15) is 35.1 Å². The molecular formula is C41H76N2O14. The zero-order valence-corrected chi connectivity index (χ0v) is 36.8. The summed E-state index contributed by atoms with van der Waals surface area (Å²) in [5, 5.41) is 59.2. The third-order valence-corrected chi connectivity index (χ3v) is 13.1. The van der Waals surface area contributed by atoms with Crippen LogP contribution in [0.15, 0.2) is 0 Å². The van der Waals surface area contributed by atoms with E-state index in [2.05, 4.69) is 4.90 Å². The SMILES string of the molecule is CC[C@H]1OC(=O)[C@H](C)[C@@H](O[C@H]2C[C@@](C)(OC)[C@@H](O)[C@H](C)O2)[C@H](C)[C@@H](O[C@@H]2O[C@H](C)C[C@H](N(C)C(C)C)[C@H]2O)[C@](C)(O)C[C@@H](C)[C@H](OCC(N)=O)[C@H](C)[C@@H](O)[C@]1(C)O. The molecule has 0 aromatic heterocycles. The lowest BCUT2D eigenvalue weighted by Gasteiger charge is -2.50. The molecule has 19 atom stereocenters. The molecule has 16 nitrogen and oxygen atoms in total. The molecule has 57 heavy (non-hydrogen) atoms. The number of hydrogen-bond donors (Lipinski definition) is 6. The van der Waals surface area contributed by atoms with Crippen LogP contribution in [0.4, 0.5) is 0 Å². The van der Waals surface area contributed by atoms with Gasteiger partial charge in [-0.2, -0.15) is 0 Å². The van der Waals surface area contributed by atoms with E-state index in [1.165, 1.54) is 14.0 Å². The Hall–Kier alpha value is -1.54. The third kappa shape index (κ3) is 11.4. The number of nitrogens with zero attached hydrogens (tertiary/aromatic N) is 1. The number of primary amides is 1. The van der Waals surface area contributed by atoms with Crippen LogP contribution in [0, 0.1) is 23.7 Å². The van der Waals surface area contributed by atoms with Crippen molar-refractivity contribution >= 4 is 11.9 Å². The van der Waals surface area contributed by atoms with Gasteiger partial charge in [0.2, 0.25) is 5.91 Å². The average molecular weight is 821 g/mol.